The van der Waals surface area contributed by atoms with Gasteiger partial charge in [0.05, 0.1) is 33.5 Å². The van der Waals surface area contributed by atoms with Crippen molar-refractivity contribution in [2.24, 2.45) is 0 Å². The lowest BCUT2D eigenvalue weighted by Gasteiger charge is -2.16. The van der Waals surface area contributed by atoms with Crippen LogP contribution < -0.4 is 0 Å². The summed E-state index contributed by atoms with van der Waals surface area (Å²) in [5.41, 5.74) is 15.2. The summed E-state index contributed by atoms with van der Waals surface area (Å²) in [6, 6.07) is 77.4. The van der Waals surface area contributed by atoms with E-state index in [0.29, 0.717) is 5.82 Å². The van der Waals surface area contributed by atoms with Crippen LogP contribution in [0, 0.1) is 0 Å². The zero-order valence-corrected chi connectivity index (χ0v) is 34.0. The van der Waals surface area contributed by atoms with E-state index in [0.717, 1.165) is 89.0 Å². The van der Waals surface area contributed by atoms with Crippen molar-refractivity contribution in [3.63, 3.8) is 0 Å². The Balaban J connectivity index is 1.08. The normalized spacial score (nSPS) is 11.8. The van der Waals surface area contributed by atoms with Gasteiger partial charge in [-0.3, -0.25) is 0 Å². The highest BCUT2D eigenvalue weighted by Crippen LogP contribution is 2.39. The lowest BCUT2D eigenvalue weighted by atomic mass is 10.0. The van der Waals surface area contributed by atoms with Crippen LogP contribution in [0.25, 0.3) is 122 Å². The van der Waals surface area contributed by atoms with Crippen LogP contribution in [0.1, 0.15) is 0 Å². The number of nitrogens with zero attached hydrogens (tertiary/aromatic N) is 4. The van der Waals surface area contributed by atoms with Gasteiger partial charge in [-0.1, -0.05) is 152 Å². The standard InChI is InChI=1S/C58H36N4O/c1-2-14-37(15-3-1)38-26-28-39(29-27-38)50-36-51(60-58(59-50)40-30-31-49-48-20-8-13-25-56(48)63-57(49)34-40)41-32-42(61-52-21-9-4-16-44(52)45-17-5-10-22-53(45)61)35-43(33-41)62-54-23-11-6-18-46(54)47-19-7-12-24-55(47)62/h1-36H. The first kappa shape index (κ1) is 35.2. The Morgan fingerprint density at radius 3 is 1.29 bits per heavy atom. The Kier molecular flexibility index (Phi) is 7.84. The second-order valence-corrected chi connectivity index (χ2v) is 16.2. The van der Waals surface area contributed by atoms with Crippen molar-refractivity contribution < 1.29 is 4.42 Å². The maximum atomic E-state index is 6.39. The van der Waals surface area contributed by atoms with Crippen molar-refractivity contribution in [1.82, 2.24) is 19.1 Å². The zero-order chi connectivity index (χ0) is 41.4. The summed E-state index contributed by atoms with van der Waals surface area (Å²) in [6.07, 6.45) is 0. The van der Waals surface area contributed by atoms with Gasteiger partial charge in [-0.15, -0.1) is 0 Å². The second kappa shape index (κ2) is 14.0. The Hall–Kier alpha value is -8.54. The summed E-state index contributed by atoms with van der Waals surface area (Å²) in [5.74, 6) is 0.623. The maximum absolute atomic E-state index is 6.39. The van der Waals surface area contributed by atoms with E-state index in [2.05, 4.69) is 203 Å². The quantitative estimate of drug-likeness (QED) is 0.168. The van der Waals surface area contributed by atoms with Crippen LogP contribution in [0.4, 0.5) is 0 Å². The lowest BCUT2D eigenvalue weighted by Crippen LogP contribution is -2.01. The molecule has 294 valence electrons. The molecule has 13 aromatic rings. The van der Waals surface area contributed by atoms with E-state index in [1.807, 2.05) is 24.3 Å². The molecule has 63 heavy (non-hydrogen) atoms. The van der Waals surface area contributed by atoms with Crippen molar-refractivity contribution in [3.8, 4) is 56.4 Å². The summed E-state index contributed by atoms with van der Waals surface area (Å²) < 4.78 is 11.2. The molecular formula is C58H36N4O. The molecule has 0 N–H and O–H groups in total. The smallest absolute Gasteiger partial charge is 0.160 e. The monoisotopic (exact) mass is 804 g/mol. The minimum Gasteiger partial charge on any atom is -0.456 e. The Labute approximate surface area is 362 Å². The molecule has 4 heterocycles. The highest BCUT2D eigenvalue weighted by Gasteiger charge is 2.20. The summed E-state index contributed by atoms with van der Waals surface area (Å²) in [7, 11) is 0. The molecule has 0 spiro atoms. The van der Waals surface area contributed by atoms with E-state index in [4.69, 9.17) is 14.4 Å². The van der Waals surface area contributed by atoms with Gasteiger partial charge in [-0.05, 0) is 77.9 Å². The zero-order valence-electron chi connectivity index (χ0n) is 34.0. The Morgan fingerprint density at radius 2 is 0.714 bits per heavy atom. The van der Waals surface area contributed by atoms with E-state index in [1.54, 1.807) is 0 Å². The van der Waals surface area contributed by atoms with Gasteiger partial charge in [0.15, 0.2) is 5.82 Å². The highest BCUT2D eigenvalue weighted by molar-refractivity contribution is 6.11. The molecule has 0 aliphatic carbocycles. The minimum atomic E-state index is 0.623. The third-order valence-electron chi connectivity index (χ3n) is 12.5. The van der Waals surface area contributed by atoms with Gasteiger partial charge >= 0.3 is 0 Å². The third-order valence-corrected chi connectivity index (χ3v) is 12.5. The van der Waals surface area contributed by atoms with Crippen molar-refractivity contribution in [3.05, 3.63) is 218 Å². The van der Waals surface area contributed by atoms with Gasteiger partial charge < -0.3 is 13.6 Å². The average Bonchev–Trinajstić information content (AvgIpc) is 4.02. The van der Waals surface area contributed by atoms with Crippen LogP contribution in [-0.4, -0.2) is 19.1 Å². The van der Waals surface area contributed by atoms with Gasteiger partial charge in [-0.2, -0.15) is 0 Å². The first-order chi connectivity index (χ1) is 31.2. The van der Waals surface area contributed by atoms with Crippen molar-refractivity contribution >= 4 is 65.6 Å². The summed E-state index contributed by atoms with van der Waals surface area (Å²) >= 11 is 0. The highest BCUT2D eigenvalue weighted by atomic mass is 16.3. The number of aromatic nitrogens is 4. The summed E-state index contributed by atoms with van der Waals surface area (Å²) in [4.78, 5) is 10.8. The summed E-state index contributed by atoms with van der Waals surface area (Å²) in [6.45, 7) is 0. The molecule has 0 fully saturated rings. The van der Waals surface area contributed by atoms with E-state index in [1.165, 1.54) is 27.1 Å². The molecule has 0 aliphatic heterocycles. The fraction of sp³-hybridized carbons (Fsp3) is 0. The summed E-state index contributed by atoms with van der Waals surface area (Å²) in [5, 5.41) is 7.00. The van der Waals surface area contributed by atoms with Crippen LogP contribution in [0.2, 0.25) is 0 Å². The number of hydrogen-bond acceptors (Lipinski definition) is 3. The molecule has 0 radical (unpaired) electrons. The van der Waals surface area contributed by atoms with Gasteiger partial charge in [-0.25, -0.2) is 9.97 Å². The lowest BCUT2D eigenvalue weighted by molar-refractivity contribution is 0.669. The van der Waals surface area contributed by atoms with Gasteiger partial charge in [0.2, 0.25) is 0 Å². The minimum absolute atomic E-state index is 0.623. The van der Waals surface area contributed by atoms with Crippen molar-refractivity contribution in [2.45, 2.75) is 0 Å². The van der Waals surface area contributed by atoms with E-state index < -0.39 is 0 Å². The predicted octanol–water partition coefficient (Wildman–Crippen LogP) is 15.2. The fourth-order valence-electron chi connectivity index (χ4n) is 9.60. The molecule has 0 saturated heterocycles. The van der Waals surface area contributed by atoms with Gasteiger partial charge in [0.25, 0.3) is 0 Å². The Morgan fingerprint density at radius 1 is 0.286 bits per heavy atom. The van der Waals surface area contributed by atoms with E-state index in [9.17, 15) is 0 Å². The molecular weight excluding hydrogens is 769 g/mol. The van der Waals surface area contributed by atoms with Crippen LogP contribution in [0.5, 0.6) is 0 Å². The molecule has 0 unspecified atom stereocenters. The van der Waals surface area contributed by atoms with Crippen molar-refractivity contribution in [1.29, 1.82) is 0 Å². The van der Waals surface area contributed by atoms with Crippen LogP contribution in [0.15, 0.2) is 223 Å². The van der Waals surface area contributed by atoms with E-state index >= 15 is 0 Å². The van der Waals surface area contributed by atoms with E-state index in [-0.39, 0.29) is 0 Å². The predicted molar refractivity (Wildman–Crippen MR) is 260 cm³/mol. The number of para-hydroxylation sites is 5. The number of fused-ring (bicyclic) bond motifs is 9. The topological polar surface area (TPSA) is 48.8 Å². The number of rotatable bonds is 6. The second-order valence-electron chi connectivity index (χ2n) is 16.2. The van der Waals surface area contributed by atoms with Crippen molar-refractivity contribution in [2.75, 3.05) is 0 Å². The molecule has 0 bridgehead atoms. The van der Waals surface area contributed by atoms with Crippen LogP contribution in [0.3, 0.4) is 0 Å². The first-order valence-corrected chi connectivity index (χ1v) is 21.3. The number of hydrogen-bond donors (Lipinski definition) is 0. The molecule has 5 nitrogen and oxygen atoms in total. The fourth-order valence-corrected chi connectivity index (χ4v) is 9.60. The van der Waals surface area contributed by atoms with Crippen LogP contribution in [-0.2, 0) is 0 Å². The molecule has 0 saturated carbocycles. The number of furan rings is 1. The van der Waals surface area contributed by atoms with Crippen LogP contribution >= 0.6 is 0 Å². The SMILES string of the molecule is c1ccc(-c2ccc(-c3cc(-c4cc(-n5c6ccccc6c6ccccc65)cc(-n5c6ccccc6c6ccccc65)c4)nc(-c4ccc5c(c4)oc4ccccc45)n3)cc2)cc1. The molecule has 0 aliphatic rings. The first-order valence-electron chi connectivity index (χ1n) is 21.3. The molecule has 9 aromatic carbocycles. The maximum Gasteiger partial charge on any atom is 0.160 e. The van der Waals surface area contributed by atoms with Gasteiger partial charge in [0, 0.05) is 60.4 Å². The average molecular weight is 805 g/mol. The third kappa shape index (κ3) is 5.71. The number of benzene rings is 9. The molecule has 5 heteroatoms. The Bertz CT molecular complexity index is 3670. The molecule has 0 amide bonds. The molecule has 4 aromatic heterocycles. The molecule has 0 atom stereocenters. The molecule has 13 rings (SSSR count). The largest absolute Gasteiger partial charge is 0.456 e. The van der Waals surface area contributed by atoms with Gasteiger partial charge in [0.1, 0.15) is 11.2 Å².